The third-order valence-electron chi connectivity index (χ3n) is 2.04. The number of rotatable bonds is 2. The minimum Gasteiger partial charge on any atom is -0.479 e. The molecule has 0 fully saturated rings. The molecule has 78 valence electrons. The minimum absolute atomic E-state index is 0.0696. The quantitative estimate of drug-likeness (QED) is 0.684. The fourth-order valence-electron chi connectivity index (χ4n) is 1.38. The number of carbonyl (C=O) groups is 1. The van der Waals surface area contributed by atoms with E-state index < -0.39 is 18.2 Å². The van der Waals surface area contributed by atoms with Gasteiger partial charge in [-0.05, 0) is 6.07 Å². The number of carboxylic acids is 1. The number of fused-ring (bicyclic) bond motifs is 1. The number of hydrogen-bond donors (Lipinski definition) is 3. The Balaban J connectivity index is 2.64. The Morgan fingerprint density at radius 2 is 2.27 bits per heavy atom. The maximum absolute atomic E-state index is 12.8. The van der Waals surface area contributed by atoms with Crippen LogP contribution in [0.4, 0.5) is 4.39 Å². The predicted octanol–water partition coefficient (Wildman–Crippen LogP) is 0.820. The summed E-state index contributed by atoms with van der Waals surface area (Å²) >= 11 is 0. The van der Waals surface area contributed by atoms with E-state index in [0.717, 1.165) is 0 Å². The van der Waals surface area contributed by atoms with Gasteiger partial charge in [-0.2, -0.15) is 4.39 Å². The molecule has 1 unspecified atom stereocenters. The van der Waals surface area contributed by atoms with E-state index in [-0.39, 0.29) is 11.1 Å². The molecular formula is C9H7FN2O3. The van der Waals surface area contributed by atoms with Crippen molar-refractivity contribution in [3.63, 3.8) is 0 Å². The Morgan fingerprint density at radius 3 is 2.93 bits per heavy atom. The van der Waals surface area contributed by atoms with Crippen molar-refractivity contribution < 1.29 is 19.4 Å². The Morgan fingerprint density at radius 1 is 1.53 bits per heavy atom. The maximum atomic E-state index is 12.8. The van der Waals surface area contributed by atoms with Gasteiger partial charge in [0.15, 0.2) is 6.10 Å². The first-order chi connectivity index (χ1) is 7.09. The number of aromatic amines is 1. The van der Waals surface area contributed by atoms with Gasteiger partial charge in [0.2, 0.25) is 0 Å². The van der Waals surface area contributed by atoms with Crippen LogP contribution in [0.5, 0.6) is 0 Å². The van der Waals surface area contributed by atoms with Gasteiger partial charge >= 0.3 is 5.97 Å². The molecular weight excluding hydrogens is 203 g/mol. The van der Waals surface area contributed by atoms with Crippen LogP contribution in [0.2, 0.25) is 0 Å². The van der Waals surface area contributed by atoms with Gasteiger partial charge in [0, 0.05) is 5.56 Å². The molecule has 0 saturated carbocycles. The van der Waals surface area contributed by atoms with E-state index in [9.17, 15) is 14.3 Å². The van der Waals surface area contributed by atoms with Gasteiger partial charge in [-0.3, -0.25) is 0 Å². The molecule has 0 radical (unpaired) electrons. The lowest BCUT2D eigenvalue weighted by Crippen LogP contribution is -2.10. The molecule has 0 spiro atoms. The van der Waals surface area contributed by atoms with Crippen molar-refractivity contribution in [1.82, 2.24) is 9.97 Å². The maximum Gasteiger partial charge on any atom is 0.337 e. The number of benzene rings is 1. The second kappa shape index (κ2) is 3.32. The van der Waals surface area contributed by atoms with Crippen molar-refractivity contribution in [2.24, 2.45) is 0 Å². The Kier molecular flexibility index (Phi) is 2.12. The third-order valence-corrected chi connectivity index (χ3v) is 2.04. The molecule has 15 heavy (non-hydrogen) atoms. The molecule has 3 N–H and O–H groups in total. The van der Waals surface area contributed by atoms with E-state index >= 15 is 0 Å². The number of imidazole rings is 1. The number of para-hydroxylation sites is 1. The average Bonchev–Trinajstić information content (AvgIpc) is 2.56. The fraction of sp³-hybridized carbons (Fsp3) is 0.111. The molecule has 0 saturated heterocycles. The Bertz CT molecular complexity index is 523. The van der Waals surface area contributed by atoms with E-state index in [1.807, 2.05) is 0 Å². The van der Waals surface area contributed by atoms with Gasteiger partial charge in [0.05, 0.1) is 11.0 Å². The number of aliphatic carboxylic acids is 1. The van der Waals surface area contributed by atoms with E-state index in [1.54, 1.807) is 6.07 Å². The lowest BCUT2D eigenvalue weighted by Gasteiger charge is -2.05. The number of carboxylic acid groups (broad SMARTS) is 1. The topological polar surface area (TPSA) is 86.2 Å². The number of aromatic nitrogens is 2. The molecule has 0 amide bonds. The van der Waals surface area contributed by atoms with Gasteiger partial charge in [0.1, 0.15) is 0 Å². The molecule has 1 heterocycles. The van der Waals surface area contributed by atoms with Crippen molar-refractivity contribution in [1.29, 1.82) is 0 Å². The highest BCUT2D eigenvalue weighted by Crippen LogP contribution is 2.22. The normalized spacial score (nSPS) is 12.9. The summed E-state index contributed by atoms with van der Waals surface area (Å²) in [6.07, 6.45) is -2.51. The average molecular weight is 210 g/mol. The summed E-state index contributed by atoms with van der Waals surface area (Å²) < 4.78 is 12.8. The van der Waals surface area contributed by atoms with Crippen molar-refractivity contribution in [2.45, 2.75) is 6.10 Å². The summed E-state index contributed by atoms with van der Waals surface area (Å²) in [5, 5.41) is 17.9. The molecule has 1 aromatic carbocycles. The van der Waals surface area contributed by atoms with Gasteiger partial charge in [-0.25, -0.2) is 9.78 Å². The molecule has 1 aromatic heterocycles. The molecule has 0 bridgehead atoms. The summed E-state index contributed by atoms with van der Waals surface area (Å²) in [4.78, 5) is 16.4. The number of H-pyrrole nitrogens is 1. The molecule has 2 aromatic rings. The first-order valence-electron chi connectivity index (χ1n) is 4.14. The van der Waals surface area contributed by atoms with Gasteiger partial charge < -0.3 is 15.2 Å². The molecule has 6 heteroatoms. The van der Waals surface area contributed by atoms with Crippen LogP contribution >= 0.6 is 0 Å². The van der Waals surface area contributed by atoms with Crippen LogP contribution in [0, 0.1) is 6.08 Å². The third kappa shape index (κ3) is 1.55. The van der Waals surface area contributed by atoms with Crippen LogP contribution in [-0.4, -0.2) is 26.2 Å². The fourth-order valence-corrected chi connectivity index (χ4v) is 1.38. The monoisotopic (exact) mass is 210 g/mol. The number of nitrogens with zero attached hydrogens (tertiary/aromatic N) is 1. The molecule has 2 rings (SSSR count). The molecule has 0 aliphatic heterocycles. The van der Waals surface area contributed by atoms with E-state index in [1.165, 1.54) is 12.1 Å². The Labute approximate surface area is 83.2 Å². The van der Waals surface area contributed by atoms with Crippen LogP contribution in [-0.2, 0) is 4.79 Å². The van der Waals surface area contributed by atoms with Crippen LogP contribution in [0.1, 0.15) is 11.7 Å². The number of hydrogen-bond acceptors (Lipinski definition) is 3. The lowest BCUT2D eigenvalue weighted by atomic mass is 10.1. The predicted molar refractivity (Wildman–Crippen MR) is 48.6 cm³/mol. The SMILES string of the molecule is O=C(O)C(O)c1cccc2[nH]c(F)nc12. The second-order valence-corrected chi connectivity index (χ2v) is 3.01. The van der Waals surface area contributed by atoms with Gasteiger partial charge in [-0.1, -0.05) is 12.1 Å². The van der Waals surface area contributed by atoms with E-state index in [4.69, 9.17) is 5.11 Å². The number of halogens is 1. The van der Waals surface area contributed by atoms with Crippen molar-refractivity contribution in [3.05, 3.63) is 29.8 Å². The van der Waals surface area contributed by atoms with Crippen LogP contribution < -0.4 is 0 Å². The first-order valence-corrected chi connectivity index (χ1v) is 4.14. The highest BCUT2D eigenvalue weighted by Gasteiger charge is 2.20. The lowest BCUT2D eigenvalue weighted by molar-refractivity contribution is -0.146. The summed E-state index contributed by atoms with van der Waals surface area (Å²) in [7, 11) is 0. The van der Waals surface area contributed by atoms with Gasteiger partial charge in [0.25, 0.3) is 6.08 Å². The minimum atomic E-state index is -1.70. The van der Waals surface area contributed by atoms with Gasteiger partial charge in [-0.15, -0.1) is 0 Å². The standard InChI is InChI=1S/C9H7FN2O3/c10-9-11-5-3-1-2-4(6(5)12-9)7(13)8(14)15/h1-3,7,13H,(H,11,12)(H,14,15). The number of aliphatic hydroxyl groups is 1. The van der Waals surface area contributed by atoms with Crippen LogP contribution in [0.15, 0.2) is 18.2 Å². The van der Waals surface area contributed by atoms with Crippen molar-refractivity contribution in [2.75, 3.05) is 0 Å². The zero-order valence-electron chi connectivity index (χ0n) is 7.44. The summed E-state index contributed by atoms with van der Waals surface area (Å²) in [5.74, 6) is -1.40. The zero-order valence-corrected chi connectivity index (χ0v) is 7.44. The molecule has 5 nitrogen and oxygen atoms in total. The highest BCUT2D eigenvalue weighted by atomic mass is 19.1. The molecule has 0 aliphatic rings. The molecule has 0 aliphatic carbocycles. The summed E-state index contributed by atoms with van der Waals surface area (Å²) in [5.41, 5.74) is 0.551. The molecule has 1 atom stereocenters. The first kappa shape index (κ1) is 9.60. The van der Waals surface area contributed by atoms with Crippen LogP contribution in [0.25, 0.3) is 11.0 Å². The summed E-state index contributed by atoms with van der Waals surface area (Å²) in [6, 6.07) is 4.45. The smallest absolute Gasteiger partial charge is 0.337 e. The summed E-state index contributed by atoms with van der Waals surface area (Å²) in [6.45, 7) is 0. The second-order valence-electron chi connectivity index (χ2n) is 3.01. The zero-order chi connectivity index (χ0) is 11.0. The van der Waals surface area contributed by atoms with E-state index in [0.29, 0.717) is 5.52 Å². The number of nitrogens with one attached hydrogen (secondary N) is 1. The van der Waals surface area contributed by atoms with Crippen LogP contribution in [0.3, 0.4) is 0 Å². The largest absolute Gasteiger partial charge is 0.479 e. The number of aliphatic hydroxyl groups excluding tert-OH is 1. The Hall–Kier alpha value is -1.95. The van der Waals surface area contributed by atoms with E-state index in [2.05, 4.69) is 9.97 Å². The van der Waals surface area contributed by atoms with Crippen molar-refractivity contribution >= 4 is 17.0 Å². The van der Waals surface area contributed by atoms with Crippen molar-refractivity contribution in [3.8, 4) is 0 Å². The highest BCUT2D eigenvalue weighted by molar-refractivity contribution is 5.85.